The molecule has 2 aromatic heterocycles. The first-order valence-corrected chi connectivity index (χ1v) is 8.17. The van der Waals surface area contributed by atoms with Crippen LogP contribution in [-0.2, 0) is 16.1 Å². The number of benzene rings is 1. The molecule has 6 nitrogen and oxygen atoms in total. The van der Waals surface area contributed by atoms with E-state index in [0.29, 0.717) is 24.4 Å². The Bertz CT molecular complexity index is 859. The van der Waals surface area contributed by atoms with Crippen molar-refractivity contribution >= 4 is 40.7 Å². The van der Waals surface area contributed by atoms with Crippen molar-refractivity contribution in [1.29, 1.82) is 0 Å². The molecule has 3 rings (SSSR count). The van der Waals surface area contributed by atoms with Crippen LogP contribution in [-0.4, -0.2) is 29.1 Å². The molecule has 1 aromatic carbocycles. The van der Waals surface area contributed by atoms with E-state index in [1.807, 2.05) is 49.4 Å². The fraction of sp³-hybridized carbons (Fsp3) is 0.211. The van der Waals surface area contributed by atoms with Gasteiger partial charge in [-0.05, 0) is 24.6 Å². The minimum atomic E-state index is -0.221. The molecule has 0 atom stereocenters. The molecule has 0 fully saturated rings. The summed E-state index contributed by atoms with van der Waals surface area (Å²) in [5, 5.41) is 6.22. The molecule has 3 aromatic rings. The molecular weight excluding hydrogens is 352 g/mol. The van der Waals surface area contributed by atoms with Gasteiger partial charge in [-0.1, -0.05) is 30.3 Å². The number of ether oxygens (including phenoxy) is 1. The van der Waals surface area contributed by atoms with Gasteiger partial charge >= 0.3 is 0 Å². The number of carbonyl (C=O) groups excluding carboxylic acids is 1. The Balaban J connectivity index is 0.00000243. The molecule has 2 N–H and O–H groups in total. The lowest BCUT2D eigenvalue weighted by atomic mass is 10.2. The molecule has 0 aliphatic heterocycles. The van der Waals surface area contributed by atoms with E-state index in [4.69, 9.17) is 4.74 Å². The van der Waals surface area contributed by atoms with Crippen molar-refractivity contribution in [2.75, 3.05) is 23.8 Å². The molecule has 0 saturated carbocycles. The molecule has 0 saturated heterocycles. The maximum absolute atomic E-state index is 12.0. The van der Waals surface area contributed by atoms with E-state index in [1.54, 1.807) is 12.4 Å². The van der Waals surface area contributed by atoms with Crippen LogP contribution in [0.4, 0.5) is 11.4 Å². The number of nitrogens with one attached hydrogen (secondary N) is 2. The summed E-state index contributed by atoms with van der Waals surface area (Å²) in [4.78, 5) is 20.8. The number of carbonyl (C=O) groups is 1. The van der Waals surface area contributed by atoms with Gasteiger partial charge in [-0.25, -0.2) is 0 Å². The largest absolute Gasteiger partial charge is 0.377 e. The summed E-state index contributed by atoms with van der Waals surface area (Å²) in [6.45, 7) is 2.96. The highest BCUT2D eigenvalue weighted by molar-refractivity contribution is 6.01. The number of hydrogen-bond acceptors (Lipinski definition) is 5. The Morgan fingerprint density at radius 1 is 1.12 bits per heavy atom. The number of nitrogens with zero attached hydrogens (tertiary/aromatic N) is 2. The molecular formula is C19H21ClN4O2. The van der Waals surface area contributed by atoms with E-state index in [0.717, 1.165) is 16.8 Å². The zero-order chi connectivity index (χ0) is 17.5. The van der Waals surface area contributed by atoms with E-state index >= 15 is 0 Å². The molecule has 0 unspecified atom stereocenters. The van der Waals surface area contributed by atoms with E-state index in [1.165, 1.54) is 0 Å². The number of rotatable bonds is 7. The molecule has 2 heterocycles. The highest BCUT2D eigenvalue weighted by atomic mass is 35.5. The lowest BCUT2D eigenvalue weighted by molar-refractivity contribution is -0.120. The Kier molecular flexibility index (Phi) is 7.32. The second-order valence-electron chi connectivity index (χ2n) is 5.44. The predicted octanol–water partition coefficient (Wildman–Crippen LogP) is 3.64. The summed E-state index contributed by atoms with van der Waals surface area (Å²) in [5.41, 5.74) is 3.95. The molecule has 0 bridgehead atoms. The summed E-state index contributed by atoms with van der Waals surface area (Å²) < 4.78 is 5.16. The molecule has 136 valence electrons. The third kappa shape index (κ3) is 4.91. The first-order valence-electron chi connectivity index (χ1n) is 8.17. The van der Waals surface area contributed by atoms with Gasteiger partial charge in [0.25, 0.3) is 0 Å². The number of aromatic nitrogens is 2. The van der Waals surface area contributed by atoms with Gasteiger partial charge in [-0.2, -0.15) is 0 Å². The molecule has 26 heavy (non-hydrogen) atoms. The zero-order valence-electron chi connectivity index (χ0n) is 14.4. The van der Waals surface area contributed by atoms with Crippen LogP contribution in [0.25, 0.3) is 11.0 Å². The highest BCUT2D eigenvalue weighted by Crippen LogP contribution is 2.28. The van der Waals surface area contributed by atoms with E-state index in [-0.39, 0.29) is 24.9 Å². The molecule has 1 amide bonds. The van der Waals surface area contributed by atoms with Crippen LogP contribution in [0.3, 0.4) is 0 Å². The van der Waals surface area contributed by atoms with Gasteiger partial charge in [-0.3, -0.25) is 14.8 Å². The van der Waals surface area contributed by atoms with Crippen LogP contribution < -0.4 is 10.6 Å². The first-order chi connectivity index (χ1) is 12.3. The second-order valence-corrected chi connectivity index (χ2v) is 5.44. The van der Waals surface area contributed by atoms with E-state index in [2.05, 4.69) is 20.6 Å². The first kappa shape index (κ1) is 19.6. The molecule has 0 spiro atoms. The van der Waals surface area contributed by atoms with Crippen LogP contribution in [0.1, 0.15) is 12.5 Å². The number of halogens is 1. The SMILES string of the molecule is CCOCC(=O)Nc1cnc2cccnc2c1NCc1ccccc1.Cl. The number of amides is 1. The Hall–Kier alpha value is -2.70. The quantitative estimate of drug-likeness (QED) is 0.662. The third-order valence-corrected chi connectivity index (χ3v) is 3.65. The normalized spacial score (nSPS) is 10.2. The van der Waals surface area contributed by atoms with Crippen molar-refractivity contribution in [3.05, 3.63) is 60.4 Å². The van der Waals surface area contributed by atoms with E-state index < -0.39 is 0 Å². The smallest absolute Gasteiger partial charge is 0.250 e. The van der Waals surface area contributed by atoms with Crippen molar-refractivity contribution in [1.82, 2.24) is 9.97 Å². The highest BCUT2D eigenvalue weighted by Gasteiger charge is 2.12. The second kappa shape index (κ2) is 9.70. The molecule has 7 heteroatoms. The van der Waals surface area contributed by atoms with Crippen LogP contribution in [0.15, 0.2) is 54.9 Å². The van der Waals surface area contributed by atoms with Gasteiger partial charge in [0, 0.05) is 19.3 Å². The standard InChI is InChI=1S/C19H20N4O2.ClH/c1-2-25-13-17(24)23-16-12-21-15-9-6-10-20-18(15)19(16)22-11-14-7-4-3-5-8-14;/h3-10,12H,2,11,13H2,1H3,(H,21,22)(H,23,24);1H. The summed E-state index contributed by atoms with van der Waals surface area (Å²) in [6, 6.07) is 13.8. The fourth-order valence-electron chi connectivity index (χ4n) is 2.46. The fourth-order valence-corrected chi connectivity index (χ4v) is 2.46. The maximum Gasteiger partial charge on any atom is 0.250 e. The molecule has 0 aliphatic carbocycles. The van der Waals surface area contributed by atoms with Gasteiger partial charge in [-0.15, -0.1) is 12.4 Å². The van der Waals surface area contributed by atoms with Crippen LogP contribution in [0.5, 0.6) is 0 Å². The van der Waals surface area contributed by atoms with Gasteiger partial charge in [0.1, 0.15) is 12.1 Å². The topological polar surface area (TPSA) is 76.1 Å². The Labute approximate surface area is 158 Å². The van der Waals surface area contributed by atoms with Crippen LogP contribution in [0.2, 0.25) is 0 Å². The minimum Gasteiger partial charge on any atom is -0.377 e. The predicted molar refractivity (Wildman–Crippen MR) is 106 cm³/mol. The Morgan fingerprint density at radius 2 is 1.92 bits per heavy atom. The number of pyridine rings is 2. The van der Waals surface area contributed by atoms with Gasteiger partial charge in [0.2, 0.25) is 5.91 Å². The average Bonchev–Trinajstić information content (AvgIpc) is 2.66. The van der Waals surface area contributed by atoms with Crippen molar-refractivity contribution in [2.24, 2.45) is 0 Å². The molecule has 0 aliphatic rings. The average molecular weight is 373 g/mol. The van der Waals surface area contributed by atoms with Crippen molar-refractivity contribution in [2.45, 2.75) is 13.5 Å². The Morgan fingerprint density at radius 3 is 2.69 bits per heavy atom. The number of fused-ring (bicyclic) bond motifs is 1. The van der Waals surface area contributed by atoms with Crippen LogP contribution in [0, 0.1) is 0 Å². The van der Waals surface area contributed by atoms with Crippen molar-refractivity contribution in [3.8, 4) is 0 Å². The summed E-state index contributed by atoms with van der Waals surface area (Å²) in [5.74, 6) is -0.221. The zero-order valence-corrected chi connectivity index (χ0v) is 15.3. The van der Waals surface area contributed by atoms with E-state index in [9.17, 15) is 4.79 Å². The maximum atomic E-state index is 12.0. The van der Waals surface area contributed by atoms with Crippen molar-refractivity contribution < 1.29 is 9.53 Å². The van der Waals surface area contributed by atoms with Crippen LogP contribution >= 0.6 is 12.4 Å². The number of anilines is 2. The van der Waals surface area contributed by atoms with Gasteiger partial charge in [0.15, 0.2) is 0 Å². The summed E-state index contributed by atoms with van der Waals surface area (Å²) in [7, 11) is 0. The van der Waals surface area contributed by atoms with Gasteiger partial charge < -0.3 is 15.4 Å². The monoisotopic (exact) mass is 372 g/mol. The minimum absolute atomic E-state index is 0. The summed E-state index contributed by atoms with van der Waals surface area (Å²) >= 11 is 0. The lowest BCUT2D eigenvalue weighted by Gasteiger charge is -2.15. The molecule has 0 radical (unpaired) electrons. The third-order valence-electron chi connectivity index (χ3n) is 3.65. The lowest BCUT2D eigenvalue weighted by Crippen LogP contribution is -2.19. The van der Waals surface area contributed by atoms with Crippen molar-refractivity contribution in [3.63, 3.8) is 0 Å². The van der Waals surface area contributed by atoms with Gasteiger partial charge in [0.05, 0.1) is 23.1 Å². The number of hydrogen-bond donors (Lipinski definition) is 2. The summed E-state index contributed by atoms with van der Waals surface area (Å²) in [6.07, 6.45) is 3.35.